The van der Waals surface area contributed by atoms with Gasteiger partial charge in [-0.3, -0.25) is 9.78 Å². The molecule has 2 aromatic heterocycles. The van der Waals surface area contributed by atoms with E-state index in [0.717, 1.165) is 5.69 Å². The molecule has 1 N–H and O–H groups in total. The van der Waals surface area contributed by atoms with E-state index in [-0.39, 0.29) is 5.91 Å². The van der Waals surface area contributed by atoms with Crippen molar-refractivity contribution < 1.29 is 4.79 Å². The molecule has 0 spiro atoms. The van der Waals surface area contributed by atoms with Crippen LogP contribution in [0.25, 0.3) is 0 Å². The van der Waals surface area contributed by atoms with E-state index < -0.39 is 0 Å². The van der Waals surface area contributed by atoms with Crippen molar-refractivity contribution in [2.24, 2.45) is 0 Å². The first-order valence-corrected chi connectivity index (χ1v) is 5.81. The Morgan fingerprint density at radius 2 is 2.18 bits per heavy atom. The van der Waals surface area contributed by atoms with E-state index >= 15 is 0 Å². The number of nitrogens with one attached hydrogen (secondary N) is 1. The fraction of sp³-hybridized carbons (Fsp3) is 0.0833. The number of anilines is 1. The summed E-state index contributed by atoms with van der Waals surface area (Å²) in [7, 11) is 0. The summed E-state index contributed by atoms with van der Waals surface area (Å²) in [6.45, 7) is 1.87. The van der Waals surface area contributed by atoms with Crippen molar-refractivity contribution in [3.63, 3.8) is 0 Å². The number of amides is 1. The molecule has 4 nitrogen and oxygen atoms in total. The Morgan fingerprint density at radius 1 is 1.35 bits per heavy atom. The second-order valence-electron chi connectivity index (χ2n) is 3.49. The molecule has 1 amide bonds. The number of aromatic nitrogens is 2. The molecule has 0 fully saturated rings. The number of carbonyl (C=O) groups is 1. The van der Waals surface area contributed by atoms with Gasteiger partial charge in [-0.05, 0) is 47.1 Å². The Labute approximate surface area is 107 Å². The van der Waals surface area contributed by atoms with Gasteiger partial charge in [0, 0.05) is 17.6 Å². The van der Waals surface area contributed by atoms with Gasteiger partial charge in [-0.1, -0.05) is 6.07 Å². The van der Waals surface area contributed by atoms with Crippen LogP contribution in [-0.2, 0) is 0 Å². The zero-order valence-electron chi connectivity index (χ0n) is 9.14. The van der Waals surface area contributed by atoms with Crippen molar-refractivity contribution in [3.05, 3.63) is 52.5 Å². The number of aryl methyl sites for hydroxylation is 1. The van der Waals surface area contributed by atoms with E-state index in [1.807, 2.05) is 6.92 Å². The first kappa shape index (κ1) is 11.7. The van der Waals surface area contributed by atoms with Crippen molar-refractivity contribution in [2.45, 2.75) is 6.92 Å². The second kappa shape index (κ2) is 5.05. The number of rotatable bonds is 2. The molecule has 2 rings (SSSR count). The quantitative estimate of drug-likeness (QED) is 0.866. The number of pyridine rings is 2. The molecule has 0 bridgehead atoms. The van der Waals surface area contributed by atoms with Crippen molar-refractivity contribution in [2.75, 3.05) is 5.32 Å². The van der Waals surface area contributed by atoms with Gasteiger partial charge < -0.3 is 5.32 Å². The van der Waals surface area contributed by atoms with Crippen LogP contribution in [-0.4, -0.2) is 15.9 Å². The lowest BCUT2D eigenvalue weighted by molar-refractivity contribution is 0.102. The summed E-state index contributed by atoms with van der Waals surface area (Å²) in [5, 5.41) is 2.76. The summed E-state index contributed by atoms with van der Waals surface area (Å²) in [6, 6.07) is 8.74. The average molecular weight is 292 g/mol. The Morgan fingerprint density at radius 3 is 2.88 bits per heavy atom. The lowest BCUT2D eigenvalue weighted by Crippen LogP contribution is -2.13. The van der Waals surface area contributed by atoms with Crippen LogP contribution in [0.2, 0.25) is 0 Å². The molecule has 5 heteroatoms. The fourth-order valence-electron chi connectivity index (χ4n) is 1.35. The molecule has 0 atom stereocenters. The van der Waals surface area contributed by atoms with Gasteiger partial charge in [0.25, 0.3) is 5.91 Å². The smallest absolute Gasteiger partial charge is 0.274 e. The molecule has 0 radical (unpaired) electrons. The normalized spacial score (nSPS) is 10.0. The first-order valence-electron chi connectivity index (χ1n) is 5.02. The molecule has 86 valence electrons. The molecule has 2 aromatic rings. The number of hydrogen-bond donors (Lipinski definition) is 1. The summed E-state index contributed by atoms with van der Waals surface area (Å²) in [5.41, 5.74) is 1.93. The van der Waals surface area contributed by atoms with Crippen LogP contribution in [0.4, 0.5) is 5.69 Å². The van der Waals surface area contributed by atoms with E-state index in [4.69, 9.17) is 0 Å². The highest BCUT2D eigenvalue weighted by atomic mass is 79.9. The van der Waals surface area contributed by atoms with E-state index in [1.54, 1.807) is 36.5 Å². The number of nitrogens with zero attached hydrogens (tertiary/aromatic N) is 2. The zero-order valence-corrected chi connectivity index (χ0v) is 10.7. The van der Waals surface area contributed by atoms with Crippen molar-refractivity contribution in [1.29, 1.82) is 0 Å². The standard InChI is InChI=1S/C12H10BrN3O/c1-8-7-9(5-6-14-8)15-12(17)10-3-2-4-11(13)16-10/h2-7H,1H3,(H,14,15,17). The molecule has 0 aliphatic rings. The Bertz CT molecular complexity index is 557. The predicted molar refractivity (Wildman–Crippen MR) is 68.9 cm³/mol. The maximum atomic E-state index is 11.9. The first-order chi connectivity index (χ1) is 8.15. The van der Waals surface area contributed by atoms with Crippen molar-refractivity contribution in [1.82, 2.24) is 9.97 Å². The van der Waals surface area contributed by atoms with Crippen LogP contribution in [0.3, 0.4) is 0 Å². The van der Waals surface area contributed by atoms with E-state index in [9.17, 15) is 4.79 Å². The van der Waals surface area contributed by atoms with Crippen LogP contribution in [0.5, 0.6) is 0 Å². The van der Waals surface area contributed by atoms with Gasteiger partial charge in [0.05, 0.1) is 0 Å². The fourth-order valence-corrected chi connectivity index (χ4v) is 1.70. The summed E-state index contributed by atoms with van der Waals surface area (Å²) < 4.78 is 0.635. The molecular weight excluding hydrogens is 282 g/mol. The molecule has 0 aliphatic carbocycles. The Kier molecular flexibility index (Phi) is 3.49. The van der Waals surface area contributed by atoms with Crippen molar-refractivity contribution in [3.8, 4) is 0 Å². The van der Waals surface area contributed by atoms with Crippen LogP contribution >= 0.6 is 15.9 Å². The molecule has 0 saturated carbocycles. The summed E-state index contributed by atoms with van der Waals surface area (Å²) in [4.78, 5) is 20.0. The maximum Gasteiger partial charge on any atom is 0.274 e. The minimum Gasteiger partial charge on any atom is -0.321 e. The molecule has 0 unspecified atom stereocenters. The van der Waals surface area contributed by atoms with Gasteiger partial charge in [0.15, 0.2) is 0 Å². The summed E-state index contributed by atoms with van der Waals surface area (Å²) in [6.07, 6.45) is 1.65. The highest BCUT2D eigenvalue weighted by molar-refractivity contribution is 9.10. The summed E-state index contributed by atoms with van der Waals surface area (Å²) in [5.74, 6) is -0.239. The third-order valence-corrected chi connectivity index (χ3v) is 2.54. The van der Waals surface area contributed by atoms with Gasteiger partial charge >= 0.3 is 0 Å². The molecule has 0 saturated heterocycles. The van der Waals surface area contributed by atoms with Crippen molar-refractivity contribution >= 4 is 27.5 Å². The largest absolute Gasteiger partial charge is 0.321 e. The van der Waals surface area contributed by atoms with Gasteiger partial charge in [0.2, 0.25) is 0 Å². The third-order valence-electron chi connectivity index (χ3n) is 2.10. The van der Waals surface area contributed by atoms with Gasteiger partial charge in [-0.15, -0.1) is 0 Å². The van der Waals surface area contributed by atoms with Crippen LogP contribution in [0.1, 0.15) is 16.2 Å². The van der Waals surface area contributed by atoms with Gasteiger partial charge in [0.1, 0.15) is 10.3 Å². The van der Waals surface area contributed by atoms with Gasteiger partial charge in [-0.2, -0.15) is 0 Å². The molecule has 0 aromatic carbocycles. The van der Waals surface area contributed by atoms with Crippen LogP contribution in [0, 0.1) is 6.92 Å². The molecule has 0 aliphatic heterocycles. The molecule has 2 heterocycles. The van der Waals surface area contributed by atoms with E-state index in [0.29, 0.717) is 16.0 Å². The minimum atomic E-state index is -0.239. The average Bonchev–Trinajstić information content (AvgIpc) is 2.29. The predicted octanol–water partition coefficient (Wildman–Crippen LogP) is 2.80. The van der Waals surface area contributed by atoms with Gasteiger partial charge in [-0.25, -0.2) is 4.98 Å². The summed E-state index contributed by atoms with van der Waals surface area (Å²) >= 11 is 3.23. The van der Waals surface area contributed by atoms with E-state index in [2.05, 4.69) is 31.2 Å². The van der Waals surface area contributed by atoms with E-state index in [1.165, 1.54) is 0 Å². The lowest BCUT2D eigenvalue weighted by atomic mass is 10.3. The zero-order chi connectivity index (χ0) is 12.3. The third kappa shape index (κ3) is 3.10. The second-order valence-corrected chi connectivity index (χ2v) is 4.30. The Hall–Kier alpha value is -1.75. The minimum absolute atomic E-state index is 0.239. The Balaban J connectivity index is 2.17. The van der Waals surface area contributed by atoms with Crippen LogP contribution < -0.4 is 5.32 Å². The lowest BCUT2D eigenvalue weighted by Gasteiger charge is -2.05. The monoisotopic (exact) mass is 291 g/mol. The molecular formula is C12H10BrN3O. The molecule has 17 heavy (non-hydrogen) atoms. The number of halogens is 1. The number of carbonyl (C=O) groups excluding carboxylic acids is 1. The van der Waals surface area contributed by atoms with Crippen LogP contribution in [0.15, 0.2) is 41.1 Å². The topological polar surface area (TPSA) is 54.9 Å². The SMILES string of the molecule is Cc1cc(NC(=O)c2cccc(Br)n2)ccn1. The highest BCUT2D eigenvalue weighted by Crippen LogP contribution is 2.10. The maximum absolute atomic E-state index is 11.9. The highest BCUT2D eigenvalue weighted by Gasteiger charge is 2.07. The number of hydrogen-bond acceptors (Lipinski definition) is 3.